The third-order valence-electron chi connectivity index (χ3n) is 5.01. The van der Waals surface area contributed by atoms with Crippen molar-refractivity contribution in [3.8, 4) is 0 Å². The van der Waals surface area contributed by atoms with Crippen molar-refractivity contribution in [3.63, 3.8) is 0 Å². The summed E-state index contributed by atoms with van der Waals surface area (Å²) in [6.07, 6.45) is 3.60. The van der Waals surface area contributed by atoms with Gasteiger partial charge in [0, 0.05) is 33.1 Å². The number of amides is 1. The molecule has 1 fully saturated rings. The first-order valence-corrected chi connectivity index (χ1v) is 10.1. The fraction of sp³-hybridized carbons (Fsp3) is 0.368. The van der Waals surface area contributed by atoms with Gasteiger partial charge in [0.1, 0.15) is 5.52 Å². The number of carbonyl (C=O) groups excluding carboxylic acids is 1. The van der Waals surface area contributed by atoms with E-state index in [1.165, 1.54) is 0 Å². The topological polar surface area (TPSA) is 88.0 Å². The number of halogens is 2. The number of piperidine rings is 1. The van der Waals surface area contributed by atoms with Crippen molar-refractivity contribution in [1.82, 2.24) is 24.4 Å². The van der Waals surface area contributed by atoms with Gasteiger partial charge in [-0.05, 0) is 25.0 Å². The normalized spacial score (nSPS) is 16.8. The molecule has 1 aliphatic rings. The molecule has 1 aromatic carbocycles. The van der Waals surface area contributed by atoms with E-state index in [1.54, 1.807) is 31.3 Å². The van der Waals surface area contributed by atoms with E-state index < -0.39 is 0 Å². The van der Waals surface area contributed by atoms with Crippen molar-refractivity contribution in [1.29, 1.82) is 0 Å². The van der Waals surface area contributed by atoms with Crippen LogP contribution in [0.1, 0.15) is 19.8 Å². The first kappa shape index (κ1) is 19.7. The second-order valence-electron chi connectivity index (χ2n) is 7.07. The molecule has 3 heterocycles. The molecule has 0 aliphatic carbocycles. The number of hydrogen-bond acceptors (Lipinski definition) is 6. The van der Waals surface area contributed by atoms with E-state index in [0.29, 0.717) is 45.3 Å². The van der Waals surface area contributed by atoms with E-state index in [9.17, 15) is 4.79 Å². The van der Waals surface area contributed by atoms with E-state index in [0.717, 1.165) is 19.4 Å². The average Bonchev–Trinajstić information content (AvgIpc) is 3.00. The zero-order valence-corrected chi connectivity index (χ0v) is 17.6. The maximum atomic E-state index is 11.6. The quantitative estimate of drug-likeness (QED) is 0.649. The van der Waals surface area contributed by atoms with Crippen LogP contribution in [-0.4, -0.2) is 49.5 Å². The van der Waals surface area contributed by atoms with Crippen LogP contribution in [0, 0.1) is 0 Å². The Hall–Kier alpha value is -2.58. The molecule has 29 heavy (non-hydrogen) atoms. The van der Waals surface area contributed by atoms with Crippen molar-refractivity contribution in [3.05, 3.63) is 34.4 Å². The Kier molecular flexibility index (Phi) is 5.47. The van der Waals surface area contributed by atoms with E-state index in [4.69, 9.17) is 23.2 Å². The first-order valence-electron chi connectivity index (χ1n) is 9.35. The summed E-state index contributed by atoms with van der Waals surface area (Å²) in [5.74, 6) is 1.16. The summed E-state index contributed by atoms with van der Waals surface area (Å²) in [6, 6.07) is 5.42. The van der Waals surface area contributed by atoms with Gasteiger partial charge in [-0.2, -0.15) is 4.98 Å². The Morgan fingerprint density at radius 3 is 2.72 bits per heavy atom. The number of hydrogen-bond donors (Lipinski definition) is 2. The van der Waals surface area contributed by atoms with Crippen molar-refractivity contribution in [2.45, 2.75) is 25.8 Å². The van der Waals surface area contributed by atoms with E-state index in [-0.39, 0.29) is 11.9 Å². The van der Waals surface area contributed by atoms with Crippen LogP contribution >= 0.6 is 23.2 Å². The maximum Gasteiger partial charge on any atom is 0.225 e. The van der Waals surface area contributed by atoms with Crippen LogP contribution in [0.3, 0.4) is 0 Å². The number of fused-ring (bicyclic) bond motifs is 1. The van der Waals surface area contributed by atoms with Gasteiger partial charge in [0.15, 0.2) is 5.65 Å². The van der Waals surface area contributed by atoms with Crippen LogP contribution < -0.4 is 10.6 Å². The molecular formula is C19H21Cl2N7O. The molecule has 0 unspecified atom stereocenters. The monoisotopic (exact) mass is 433 g/mol. The number of imidazole rings is 1. The highest BCUT2D eigenvalue weighted by Gasteiger charge is 2.22. The minimum absolute atomic E-state index is 0.0912. The van der Waals surface area contributed by atoms with Crippen LogP contribution in [0.25, 0.3) is 11.2 Å². The van der Waals surface area contributed by atoms with Crippen LogP contribution in [0.5, 0.6) is 0 Å². The molecule has 0 radical (unpaired) electrons. The number of likely N-dealkylation sites (tertiary alicyclic amines) is 1. The molecule has 1 aliphatic heterocycles. The summed E-state index contributed by atoms with van der Waals surface area (Å²) in [4.78, 5) is 27.0. The number of aryl methyl sites for hydroxylation is 1. The number of nitrogens with zero attached hydrogens (tertiary/aromatic N) is 5. The SMILES string of the molecule is CC(=O)N1CCC[C@@H](Nc2ncc3nc(Nc4c(Cl)cccc4Cl)n(C)c3n2)C1. The Bertz CT molecular complexity index is 1050. The summed E-state index contributed by atoms with van der Waals surface area (Å²) in [5, 5.41) is 7.53. The summed E-state index contributed by atoms with van der Waals surface area (Å²) in [7, 11) is 1.86. The predicted molar refractivity (Wildman–Crippen MR) is 115 cm³/mol. The molecule has 2 N–H and O–H groups in total. The van der Waals surface area contributed by atoms with Crippen LogP contribution in [0.2, 0.25) is 10.0 Å². The minimum Gasteiger partial charge on any atom is -0.350 e. The van der Waals surface area contributed by atoms with Gasteiger partial charge in [-0.25, -0.2) is 9.97 Å². The molecule has 1 amide bonds. The van der Waals surface area contributed by atoms with Gasteiger partial charge in [0.2, 0.25) is 17.8 Å². The third-order valence-corrected chi connectivity index (χ3v) is 5.64. The van der Waals surface area contributed by atoms with Gasteiger partial charge >= 0.3 is 0 Å². The highest BCUT2D eigenvalue weighted by molar-refractivity contribution is 6.39. The standard InChI is InChI=1S/C19H21Cl2N7O/c1-11(29)28-8-4-5-12(10-28)23-18-22-9-15-17(26-18)27(2)19(24-15)25-16-13(20)6-3-7-14(16)21/h3,6-7,9,12H,4-5,8,10H2,1-2H3,(H,24,25)(H,22,23,26)/t12-/m1/s1. The van der Waals surface area contributed by atoms with Gasteiger partial charge in [-0.1, -0.05) is 29.3 Å². The van der Waals surface area contributed by atoms with Gasteiger partial charge in [0.05, 0.1) is 21.9 Å². The molecule has 0 saturated carbocycles. The van der Waals surface area contributed by atoms with Gasteiger partial charge in [0.25, 0.3) is 0 Å². The van der Waals surface area contributed by atoms with Gasteiger partial charge in [-0.15, -0.1) is 0 Å². The summed E-state index contributed by atoms with van der Waals surface area (Å²) >= 11 is 12.5. The number of aromatic nitrogens is 4. The lowest BCUT2D eigenvalue weighted by Crippen LogP contribution is -2.44. The number of rotatable bonds is 4. The average molecular weight is 434 g/mol. The molecule has 0 bridgehead atoms. The summed E-state index contributed by atoms with van der Waals surface area (Å²) < 4.78 is 1.82. The highest BCUT2D eigenvalue weighted by atomic mass is 35.5. The number of para-hydroxylation sites is 1. The van der Waals surface area contributed by atoms with Gasteiger partial charge in [-0.3, -0.25) is 9.36 Å². The van der Waals surface area contributed by atoms with Crippen LogP contribution in [-0.2, 0) is 11.8 Å². The summed E-state index contributed by atoms with van der Waals surface area (Å²) in [5.41, 5.74) is 1.91. The second kappa shape index (κ2) is 8.04. The van der Waals surface area contributed by atoms with Crippen molar-refractivity contribution >= 4 is 57.9 Å². The van der Waals surface area contributed by atoms with Crippen molar-refractivity contribution < 1.29 is 4.79 Å². The zero-order chi connectivity index (χ0) is 20.5. The Morgan fingerprint density at radius 1 is 1.24 bits per heavy atom. The lowest BCUT2D eigenvalue weighted by molar-refractivity contribution is -0.129. The molecule has 1 saturated heterocycles. The number of nitrogens with one attached hydrogen (secondary N) is 2. The van der Waals surface area contributed by atoms with Crippen LogP contribution in [0.4, 0.5) is 17.6 Å². The number of benzene rings is 1. The smallest absolute Gasteiger partial charge is 0.225 e. The zero-order valence-electron chi connectivity index (χ0n) is 16.1. The number of anilines is 3. The lowest BCUT2D eigenvalue weighted by Gasteiger charge is -2.32. The van der Waals surface area contributed by atoms with Crippen molar-refractivity contribution in [2.75, 3.05) is 23.7 Å². The Labute approximate surface area is 178 Å². The van der Waals surface area contributed by atoms with E-state index in [1.807, 2.05) is 16.5 Å². The molecule has 4 rings (SSSR count). The molecule has 152 valence electrons. The van der Waals surface area contributed by atoms with Crippen LogP contribution in [0.15, 0.2) is 24.4 Å². The Morgan fingerprint density at radius 2 is 2.00 bits per heavy atom. The predicted octanol–water partition coefficient (Wildman–Crippen LogP) is 3.84. The lowest BCUT2D eigenvalue weighted by atomic mass is 10.1. The van der Waals surface area contributed by atoms with Gasteiger partial charge < -0.3 is 15.5 Å². The second-order valence-corrected chi connectivity index (χ2v) is 7.88. The molecule has 2 aromatic heterocycles. The molecular weight excluding hydrogens is 413 g/mol. The largest absolute Gasteiger partial charge is 0.350 e. The fourth-order valence-electron chi connectivity index (χ4n) is 3.46. The number of carbonyl (C=O) groups is 1. The minimum atomic E-state index is 0.0912. The van der Waals surface area contributed by atoms with E-state index in [2.05, 4.69) is 25.6 Å². The fourth-order valence-corrected chi connectivity index (χ4v) is 3.95. The first-order chi connectivity index (χ1) is 13.9. The third kappa shape index (κ3) is 4.09. The molecule has 1 atom stereocenters. The Balaban J connectivity index is 1.57. The molecule has 10 heteroatoms. The molecule has 3 aromatic rings. The highest BCUT2D eigenvalue weighted by Crippen LogP contribution is 2.32. The summed E-state index contributed by atoms with van der Waals surface area (Å²) in [6.45, 7) is 3.05. The van der Waals surface area contributed by atoms with E-state index >= 15 is 0 Å². The molecule has 0 spiro atoms. The maximum absolute atomic E-state index is 11.6. The molecule has 8 nitrogen and oxygen atoms in total. The van der Waals surface area contributed by atoms with Crippen molar-refractivity contribution in [2.24, 2.45) is 7.05 Å².